The smallest absolute Gasteiger partial charge is 0.159 e. The second-order valence-electron chi connectivity index (χ2n) is 4.69. The summed E-state index contributed by atoms with van der Waals surface area (Å²) < 4.78 is 25.8. The molecule has 104 valence electrons. The van der Waals surface area contributed by atoms with Gasteiger partial charge in [0, 0.05) is 18.9 Å². The van der Waals surface area contributed by atoms with Crippen LogP contribution in [0.25, 0.3) is 0 Å². The molecule has 2 nitrogen and oxygen atoms in total. The van der Waals surface area contributed by atoms with Gasteiger partial charge in [-0.15, -0.1) is 0 Å². The molecule has 2 N–H and O–H groups in total. The summed E-state index contributed by atoms with van der Waals surface area (Å²) in [7, 11) is 0. The Balaban J connectivity index is 1.97. The monoisotopic (exact) mass is 275 g/mol. The number of carbonyl (C=O) groups is 1. The summed E-state index contributed by atoms with van der Waals surface area (Å²) in [5.74, 6) is -1.96. The zero-order valence-corrected chi connectivity index (χ0v) is 10.9. The van der Waals surface area contributed by atoms with Gasteiger partial charge in [-0.1, -0.05) is 36.4 Å². The first-order chi connectivity index (χ1) is 9.56. The summed E-state index contributed by atoms with van der Waals surface area (Å²) in [6.45, 7) is 0. The van der Waals surface area contributed by atoms with E-state index in [1.54, 1.807) is 0 Å². The van der Waals surface area contributed by atoms with E-state index in [0.29, 0.717) is 5.56 Å². The Morgan fingerprint density at radius 3 is 2.40 bits per heavy atom. The summed E-state index contributed by atoms with van der Waals surface area (Å²) >= 11 is 0. The van der Waals surface area contributed by atoms with Crippen LogP contribution in [0.3, 0.4) is 0 Å². The Kier molecular flexibility index (Phi) is 4.58. The van der Waals surface area contributed by atoms with Crippen molar-refractivity contribution in [1.82, 2.24) is 0 Å². The van der Waals surface area contributed by atoms with Gasteiger partial charge in [0.2, 0.25) is 0 Å². The van der Waals surface area contributed by atoms with Crippen molar-refractivity contribution in [2.45, 2.75) is 18.9 Å². The molecule has 0 aliphatic rings. The fraction of sp³-hybridized carbons (Fsp3) is 0.188. The van der Waals surface area contributed by atoms with Crippen LogP contribution in [0.15, 0.2) is 48.5 Å². The number of hydrogen-bond acceptors (Lipinski definition) is 2. The van der Waals surface area contributed by atoms with E-state index in [-0.39, 0.29) is 24.7 Å². The second-order valence-corrected chi connectivity index (χ2v) is 4.69. The largest absolute Gasteiger partial charge is 0.324 e. The van der Waals surface area contributed by atoms with Gasteiger partial charge in [0.1, 0.15) is 5.78 Å². The molecule has 0 aliphatic carbocycles. The molecule has 1 atom stereocenters. The first kappa shape index (κ1) is 14.3. The molecule has 0 saturated heterocycles. The van der Waals surface area contributed by atoms with Crippen LogP contribution < -0.4 is 5.73 Å². The van der Waals surface area contributed by atoms with E-state index in [1.165, 1.54) is 6.07 Å². The van der Waals surface area contributed by atoms with Crippen LogP contribution in [0, 0.1) is 11.6 Å². The third-order valence-electron chi connectivity index (χ3n) is 3.06. The van der Waals surface area contributed by atoms with Gasteiger partial charge in [-0.05, 0) is 23.3 Å². The number of rotatable bonds is 5. The number of carbonyl (C=O) groups excluding carboxylic acids is 1. The van der Waals surface area contributed by atoms with Gasteiger partial charge in [-0.3, -0.25) is 4.79 Å². The number of nitrogens with two attached hydrogens (primary N) is 1. The van der Waals surface area contributed by atoms with Crippen LogP contribution in [0.5, 0.6) is 0 Å². The highest BCUT2D eigenvalue weighted by molar-refractivity contribution is 5.81. The molecule has 0 spiro atoms. The summed E-state index contributed by atoms with van der Waals surface area (Å²) in [5.41, 5.74) is 7.28. The molecule has 0 amide bonds. The molecule has 1 unspecified atom stereocenters. The van der Waals surface area contributed by atoms with E-state index < -0.39 is 11.6 Å². The van der Waals surface area contributed by atoms with Crippen LogP contribution in [0.2, 0.25) is 0 Å². The number of ketones is 1. The molecule has 20 heavy (non-hydrogen) atoms. The highest BCUT2D eigenvalue weighted by Gasteiger charge is 2.13. The van der Waals surface area contributed by atoms with E-state index in [0.717, 1.165) is 17.7 Å². The van der Waals surface area contributed by atoms with Crippen LogP contribution in [-0.2, 0) is 11.2 Å². The summed E-state index contributed by atoms with van der Waals surface area (Å²) in [6.07, 6.45) is 0.223. The normalized spacial score (nSPS) is 12.2. The van der Waals surface area contributed by atoms with Crippen LogP contribution in [-0.4, -0.2) is 5.78 Å². The van der Waals surface area contributed by atoms with Crippen molar-refractivity contribution in [1.29, 1.82) is 0 Å². The summed E-state index contributed by atoms with van der Waals surface area (Å²) in [5, 5.41) is 0. The molecule has 2 rings (SSSR count). The van der Waals surface area contributed by atoms with Gasteiger partial charge in [0.15, 0.2) is 11.6 Å². The average molecular weight is 275 g/mol. The minimum atomic E-state index is -0.942. The lowest BCUT2D eigenvalue weighted by Gasteiger charge is -2.11. The van der Waals surface area contributed by atoms with E-state index >= 15 is 0 Å². The molecule has 2 aromatic carbocycles. The number of halogens is 2. The van der Waals surface area contributed by atoms with Gasteiger partial charge in [-0.25, -0.2) is 8.78 Å². The fourth-order valence-corrected chi connectivity index (χ4v) is 2.01. The molecule has 2 aromatic rings. The zero-order chi connectivity index (χ0) is 14.5. The van der Waals surface area contributed by atoms with E-state index in [2.05, 4.69) is 0 Å². The lowest BCUT2D eigenvalue weighted by atomic mass is 9.99. The standard InChI is InChI=1S/C16H15F2NO/c17-14-7-6-11(9-15(14)18)8-13(20)10-16(19)12-4-2-1-3-5-12/h1-7,9,16H,8,10,19H2. The quantitative estimate of drug-likeness (QED) is 0.910. The number of Topliss-reactive ketones (excluding diaryl/α,β-unsaturated/α-hetero) is 1. The molecular formula is C16H15F2NO. The van der Waals surface area contributed by atoms with Crippen LogP contribution in [0.1, 0.15) is 23.6 Å². The summed E-state index contributed by atoms with van der Waals surface area (Å²) in [6, 6.07) is 12.4. The van der Waals surface area contributed by atoms with Crippen molar-refractivity contribution in [3.8, 4) is 0 Å². The molecule has 0 radical (unpaired) electrons. The van der Waals surface area contributed by atoms with Crippen molar-refractivity contribution in [2.24, 2.45) is 5.73 Å². The number of benzene rings is 2. The Labute approximate surface area is 116 Å². The molecule has 0 heterocycles. The Bertz CT molecular complexity index is 599. The maximum absolute atomic E-state index is 13.0. The third kappa shape index (κ3) is 3.71. The number of hydrogen-bond donors (Lipinski definition) is 1. The Morgan fingerprint density at radius 2 is 1.75 bits per heavy atom. The van der Waals surface area contributed by atoms with Crippen molar-refractivity contribution in [2.75, 3.05) is 0 Å². The Morgan fingerprint density at radius 1 is 1.05 bits per heavy atom. The lowest BCUT2D eigenvalue weighted by Crippen LogP contribution is -2.16. The molecule has 4 heteroatoms. The minimum Gasteiger partial charge on any atom is -0.324 e. The molecule has 0 aliphatic heterocycles. The fourth-order valence-electron chi connectivity index (χ4n) is 2.01. The van der Waals surface area contributed by atoms with Gasteiger partial charge >= 0.3 is 0 Å². The average Bonchev–Trinajstić information content (AvgIpc) is 2.44. The molecule has 0 bridgehead atoms. The van der Waals surface area contributed by atoms with Crippen molar-refractivity contribution in [3.63, 3.8) is 0 Å². The van der Waals surface area contributed by atoms with Gasteiger partial charge < -0.3 is 5.73 Å². The molecular weight excluding hydrogens is 260 g/mol. The van der Waals surface area contributed by atoms with Gasteiger partial charge in [0.05, 0.1) is 0 Å². The van der Waals surface area contributed by atoms with Crippen LogP contribution >= 0.6 is 0 Å². The maximum Gasteiger partial charge on any atom is 0.159 e. The van der Waals surface area contributed by atoms with E-state index in [4.69, 9.17) is 5.73 Å². The molecule has 0 aromatic heterocycles. The maximum atomic E-state index is 13.0. The van der Waals surface area contributed by atoms with Crippen molar-refractivity contribution in [3.05, 3.63) is 71.3 Å². The van der Waals surface area contributed by atoms with Crippen LogP contribution in [0.4, 0.5) is 8.78 Å². The zero-order valence-electron chi connectivity index (χ0n) is 10.9. The summed E-state index contributed by atoms with van der Waals surface area (Å²) in [4.78, 5) is 11.9. The van der Waals surface area contributed by atoms with Crippen molar-refractivity contribution < 1.29 is 13.6 Å². The highest BCUT2D eigenvalue weighted by atomic mass is 19.2. The van der Waals surface area contributed by atoms with Gasteiger partial charge in [0.25, 0.3) is 0 Å². The van der Waals surface area contributed by atoms with E-state index in [9.17, 15) is 13.6 Å². The molecule has 0 saturated carbocycles. The van der Waals surface area contributed by atoms with Gasteiger partial charge in [-0.2, -0.15) is 0 Å². The lowest BCUT2D eigenvalue weighted by molar-refractivity contribution is -0.118. The minimum absolute atomic E-state index is 0.0533. The Hall–Kier alpha value is -2.07. The SMILES string of the molecule is NC(CC(=O)Cc1ccc(F)c(F)c1)c1ccccc1. The second kappa shape index (κ2) is 6.39. The third-order valence-corrected chi connectivity index (χ3v) is 3.06. The predicted molar refractivity (Wildman–Crippen MR) is 73.1 cm³/mol. The topological polar surface area (TPSA) is 43.1 Å². The highest BCUT2D eigenvalue weighted by Crippen LogP contribution is 2.16. The molecule has 0 fully saturated rings. The van der Waals surface area contributed by atoms with E-state index in [1.807, 2.05) is 30.3 Å². The van der Waals surface area contributed by atoms with Crippen molar-refractivity contribution >= 4 is 5.78 Å². The first-order valence-electron chi connectivity index (χ1n) is 6.32. The predicted octanol–water partition coefficient (Wildman–Crippen LogP) is 3.17. The first-order valence-corrected chi connectivity index (χ1v) is 6.32.